The predicted molar refractivity (Wildman–Crippen MR) is 128 cm³/mol. The lowest BCUT2D eigenvalue weighted by atomic mass is 10.2. The van der Waals surface area contributed by atoms with E-state index >= 15 is 0 Å². The molecule has 1 fully saturated rings. The van der Waals surface area contributed by atoms with Crippen LogP contribution in [0.1, 0.15) is 25.8 Å². The van der Waals surface area contributed by atoms with Crippen molar-refractivity contribution in [3.8, 4) is 0 Å². The van der Waals surface area contributed by atoms with Gasteiger partial charge >= 0.3 is 0 Å². The van der Waals surface area contributed by atoms with Crippen molar-refractivity contribution in [2.75, 3.05) is 31.1 Å². The molecule has 1 N–H and O–H groups in total. The van der Waals surface area contributed by atoms with E-state index in [4.69, 9.17) is 4.99 Å². The number of aromatic nitrogens is 2. The Bertz CT molecular complexity index is 825. The molecule has 0 spiro atoms. The molecule has 0 aliphatic carbocycles. The monoisotopic (exact) mass is 525 g/mol. The molecule has 1 unspecified atom stereocenters. The standard InChI is InChI=1S/C20H27N7O2.HI/c1-3-16(2)24-20(23-15-17-5-7-18(8-6-17)27(28)29)26-13-11-25(12-14-26)19-21-9-4-10-22-19;/h4-10,16H,3,11-15H2,1-2H3,(H,23,24);1H. The van der Waals surface area contributed by atoms with E-state index in [1.165, 1.54) is 12.1 Å². The van der Waals surface area contributed by atoms with E-state index < -0.39 is 0 Å². The fraction of sp³-hybridized carbons (Fsp3) is 0.450. The maximum Gasteiger partial charge on any atom is 0.269 e. The predicted octanol–water partition coefficient (Wildman–Crippen LogP) is 3.07. The first-order valence-corrected chi connectivity index (χ1v) is 9.88. The molecule has 10 heteroatoms. The van der Waals surface area contributed by atoms with Crippen molar-refractivity contribution in [2.24, 2.45) is 4.99 Å². The average molecular weight is 525 g/mol. The average Bonchev–Trinajstić information content (AvgIpc) is 2.77. The lowest BCUT2D eigenvalue weighted by Gasteiger charge is -2.37. The Balaban J connectivity index is 0.00000320. The van der Waals surface area contributed by atoms with Crippen LogP contribution in [0.5, 0.6) is 0 Å². The zero-order valence-corrected chi connectivity index (χ0v) is 19.6. The fourth-order valence-corrected chi connectivity index (χ4v) is 3.02. The number of nitrogens with one attached hydrogen (secondary N) is 1. The summed E-state index contributed by atoms with van der Waals surface area (Å²) in [6.07, 6.45) is 4.51. The van der Waals surface area contributed by atoms with Crippen molar-refractivity contribution in [3.05, 3.63) is 58.4 Å². The number of anilines is 1. The SMILES string of the molecule is CCC(C)NC(=NCc1ccc([N+](=O)[O-])cc1)N1CCN(c2ncccn2)CC1.I. The normalized spacial score (nSPS) is 15.3. The molecule has 9 nitrogen and oxygen atoms in total. The molecule has 1 aromatic carbocycles. The fourth-order valence-electron chi connectivity index (χ4n) is 3.02. The van der Waals surface area contributed by atoms with Gasteiger partial charge in [-0.1, -0.05) is 19.1 Å². The van der Waals surface area contributed by atoms with Gasteiger partial charge in [0.25, 0.3) is 5.69 Å². The number of guanidine groups is 1. The molecule has 0 amide bonds. The topological polar surface area (TPSA) is 99.8 Å². The number of nitro groups is 1. The van der Waals surface area contributed by atoms with E-state index in [0.717, 1.165) is 50.1 Å². The van der Waals surface area contributed by atoms with Gasteiger partial charge in [-0.05, 0) is 25.0 Å². The van der Waals surface area contributed by atoms with E-state index in [1.807, 2.05) is 6.07 Å². The molecule has 1 aliphatic heterocycles. The highest BCUT2D eigenvalue weighted by Gasteiger charge is 2.22. The minimum absolute atomic E-state index is 0. The summed E-state index contributed by atoms with van der Waals surface area (Å²) in [5.74, 6) is 1.62. The van der Waals surface area contributed by atoms with Crippen LogP contribution in [0.25, 0.3) is 0 Å². The summed E-state index contributed by atoms with van der Waals surface area (Å²) in [5.41, 5.74) is 1.03. The maximum atomic E-state index is 10.8. The van der Waals surface area contributed by atoms with Crippen molar-refractivity contribution in [1.82, 2.24) is 20.2 Å². The van der Waals surface area contributed by atoms with Crippen molar-refractivity contribution >= 4 is 41.6 Å². The molecule has 2 aromatic rings. The largest absolute Gasteiger partial charge is 0.354 e. The second-order valence-electron chi connectivity index (χ2n) is 7.04. The van der Waals surface area contributed by atoms with Crippen LogP contribution in [0.4, 0.5) is 11.6 Å². The Morgan fingerprint density at radius 2 is 1.83 bits per heavy atom. The quantitative estimate of drug-likeness (QED) is 0.204. The Morgan fingerprint density at radius 3 is 2.40 bits per heavy atom. The van der Waals surface area contributed by atoms with E-state index in [0.29, 0.717) is 12.6 Å². The second kappa shape index (κ2) is 11.6. The van der Waals surface area contributed by atoms with Gasteiger partial charge in [0, 0.05) is 56.7 Å². The summed E-state index contributed by atoms with van der Waals surface area (Å²) >= 11 is 0. The number of non-ortho nitro benzene ring substituents is 1. The highest BCUT2D eigenvalue weighted by Crippen LogP contribution is 2.14. The molecule has 0 radical (unpaired) electrons. The van der Waals surface area contributed by atoms with Gasteiger partial charge in [-0.15, -0.1) is 24.0 Å². The summed E-state index contributed by atoms with van der Waals surface area (Å²) in [7, 11) is 0. The Kier molecular flexibility index (Phi) is 9.21. The first-order chi connectivity index (χ1) is 14.1. The van der Waals surface area contributed by atoms with E-state index in [2.05, 4.69) is 38.9 Å². The zero-order valence-electron chi connectivity index (χ0n) is 17.3. The van der Waals surface area contributed by atoms with Gasteiger partial charge in [0.1, 0.15) is 0 Å². The summed E-state index contributed by atoms with van der Waals surface area (Å²) in [6.45, 7) is 8.03. The molecule has 0 bridgehead atoms. The van der Waals surface area contributed by atoms with Crippen LogP contribution in [-0.4, -0.2) is 58.0 Å². The highest BCUT2D eigenvalue weighted by atomic mass is 127. The lowest BCUT2D eigenvalue weighted by Crippen LogP contribution is -2.54. The van der Waals surface area contributed by atoms with Crippen LogP contribution in [0.2, 0.25) is 0 Å². The number of rotatable bonds is 6. The van der Waals surface area contributed by atoms with Gasteiger partial charge in [-0.25, -0.2) is 15.0 Å². The molecule has 1 aliphatic rings. The van der Waals surface area contributed by atoms with Crippen molar-refractivity contribution < 1.29 is 4.92 Å². The number of nitro benzene ring substituents is 1. The van der Waals surface area contributed by atoms with Crippen LogP contribution < -0.4 is 10.2 Å². The Morgan fingerprint density at radius 1 is 1.20 bits per heavy atom. The summed E-state index contributed by atoms with van der Waals surface area (Å²) < 4.78 is 0. The third-order valence-electron chi connectivity index (χ3n) is 4.96. The van der Waals surface area contributed by atoms with Crippen LogP contribution >= 0.6 is 24.0 Å². The van der Waals surface area contributed by atoms with Crippen LogP contribution in [0.15, 0.2) is 47.7 Å². The molecule has 0 saturated carbocycles. The second-order valence-corrected chi connectivity index (χ2v) is 7.04. The first-order valence-electron chi connectivity index (χ1n) is 9.88. The minimum Gasteiger partial charge on any atom is -0.354 e. The van der Waals surface area contributed by atoms with Crippen LogP contribution in [0, 0.1) is 10.1 Å². The smallest absolute Gasteiger partial charge is 0.269 e. The Hall–Kier alpha value is -2.50. The molecule has 30 heavy (non-hydrogen) atoms. The molecular weight excluding hydrogens is 497 g/mol. The van der Waals surface area contributed by atoms with Crippen LogP contribution in [0.3, 0.4) is 0 Å². The van der Waals surface area contributed by atoms with Crippen molar-refractivity contribution in [3.63, 3.8) is 0 Å². The number of hydrogen-bond acceptors (Lipinski definition) is 6. The number of hydrogen-bond donors (Lipinski definition) is 1. The van der Waals surface area contributed by atoms with Gasteiger partial charge in [-0.3, -0.25) is 10.1 Å². The molecule has 1 aromatic heterocycles. The maximum absolute atomic E-state index is 10.8. The summed E-state index contributed by atoms with van der Waals surface area (Å²) in [6, 6.07) is 8.68. The first kappa shape index (κ1) is 23.8. The van der Waals surface area contributed by atoms with Gasteiger partial charge < -0.3 is 15.1 Å². The number of nitrogens with zero attached hydrogens (tertiary/aromatic N) is 6. The molecular formula is C20H28IN7O2. The van der Waals surface area contributed by atoms with Crippen LogP contribution in [-0.2, 0) is 6.54 Å². The number of halogens is 1. The number of piperazine rings is 1. The van der Waals surface area contributed by atoms with Gasteiger partial charge in [-0.2, -0.15) is 0 Å². The third kappa shape index (κ3) is 6.51. The molecule has 3 rings (SSSR count). The van der Waals surface area contributed by atoms with Gasteiger partial charge in [0.2, 0.25) is 5.95 Å². The van der Waals surface area contributed by atoms with E-state index in [-0.39, 0.29) is 34.6 Å². The third-order valence-corrected chi connectivity index (χ3v) is 4.96. The van der Waals surface area contributed by atoms with E-state index in [9.17, 15) is 10.1 Å². The zero-order chi connectivity index (χ0) is 20.6. The minimum atomic E-state index is -0.390. The number of aliphatic imine (C=N–C) groups is 1. The highest BCUT2D eigenvalue weighted by molar-refractivity contribution is 14.0. The Labute approximate surface area is 193 Å². The van der Waals surface area contributed by atoms with Crippen molar-refractivity contribution in [2.45, 2.75) is 32.9 Å². The molecule has 2 heterocycles. The van der Waals surface area contributed by atoms with Crippen molar-refractivity contribution in [1.29, 1.82) is 0 Å². The molecule has 1 atom stereocenters. The lowest BCUT2D eigenvalue weighted by molar-refractivity contribution is -0.384. The number of benzene rings is 1. The summed E-state index contributed by atoms with van der Waals surface area (Å²) in [4.78, 5) is 28.3. The van der Waals surface area contributed by atoms with Gasteiger partial charge in [0.15, 0.2) is 5.96 Å². The molecule has 162 valence electrons. The molecule has 1 saturated heterocycles. The van der Waals surface area contributed by atoms with Gasteiger partial charge in [0.05, 0.1) is 11.5 Å². The van der Waals surface area contributed by atoms with E-state index in [1.54, 1.807) is 24.5 Å². The summed E-state index contributed by atoms with van der Waals surface area (Å²) in [5, 5.41) is 14.3.